The summed E-state index contributed by atoms with van der Waals surface area (Å²) >= 11 is 1.69. The van der Waals surface area contributed by atoms with E-state index in [-0.39, 0.29) is 5.41 Å². The third kappa shape index (κ3) is 3.23. The van der Waals surface area contributed by atoms with Crippen molar-refractivity contribution in [1.29, 1.82) is 0 Å². The zero-order valence-corrected chi connectivity index (χ0v) is 13.9. The molecule has 0 aliphatic carbocycles. The standard InChI is InChI=1S/C16H24N2OS/c1-6-8-17-15-18-12-9-11(16(3,4)5)13(19-7-2)10-14(12)20-15/h9-10H,6-8H2,1-5H3,(H,17,18). The summed E-state index contributed by atoms with van der Waals surface area (Å²) in [5.74, 6) is 0.984. The summed E-state index contributed by atoms with van der Waals surface area (Å²) < 4.78 is 7.00. The number of rotatable bonds is 5. The quantitative estimate of drug-likeness (QED) is 0.858. The molecular weight excluding hydrogens is 268 g/mol. The molecule has 0 bridgehead atoms. The van der Waals surface area contributed by atoms with Crippen LogP contribution in [0.4, 0.5) is 5.13 Å². The van der Waals surface area contributed by atoms with Gasteiger partial charge in [-0.25, -0.2) is 4.98 Å². The average Bonchev–Trinajstić information content (AvgIpc) is 2.76. The molecule has 0 unspecified atom stereocenters. The Bertz CT molecular complexity index is 584. The van der Waals surface area contributed by atoms with Gasteiger partial charge in [0.05, 0.1) is 16.8 Å². The number of aromatic nitrogens is 1. The molecule has 2 rings (SSSR count). The second-order valence-corrected chi connectivity index (χ2v) is 6.98. The van der Waals surface area contributed by atoms with Gasteiger partial charge in [0, 0.05) is 12.1 Å². The molecular formula is C16H24N2OS. The molecule has 0 aliphatic heterocycles. The molecule has 20 heavy (non-hydrogen) atoms. The van der Waals surface area contributed by atoms with Gasteiger partial charge in [-0.1, -0.05) is 39.0 Å². The first kappa shape index (κ1) is 15.1. The second-order valence-electron chi connectivity index (χ2n) is 5.94. The largest absolute Gasteiger partial charge is 0.494 e. The van der Waals surface area contributed by atoms with Gasteiger partial charge in [-0.15, -0.1) is 0 Å². The number of hydrogen-bond acceptors (Lipinski definition) is 4. The highest BCUT2D eigenvalue weighted by molar-refractivity contribution is 7.22. The zero-order chi connectivity index (χ0) is 14.8. The lowest BCUT2D eigenvalue weighted by molar-refractivity contribution is 0.330. The van der Waals surface area contributed by atoms with Crippen molar-refractivity contribution in [3.63, 3.8) is 0 Å². The van der Waals surface area contributed by atoms with Crippen molar-refractivity contribution in [3.05, 3.63) is 17.7 Å². The molecule has 0 aliphatic rings. The average molecular weight is 292 g/mol. The highest BCUT2D eigenvalue weighted by atomic mass is 32.1. The molecule has 2 aromatic rings. The number of hydrogen-bond donors (Lipinski definition) is 1. The van der Waals surface area contributed by atoms with E-state index in [0.717, 1.165) is 29.4 Å². The number of fused-ring (bicyclic) bond motifs is 1. The number of nitrogens with one attached hydrogen (secondary N) is 1. The van der Waals surface area contributed by atoms with Crippen molar-refractivity contribution in [3.8, 4) is 5.75 Å². The molecule has 0 radical (unpaired) electrons. The maximum absolute atomic E-state index is 5.82. The fraction of sp³-hybridized carbons (Fsp3) is 0.562. The predicted octanol–water partition coefficient (Wildman–Crippen LogP) is 4.81. The van der Waals surface area contributed by atoms with E-state index in [4.69, 9.17) is 4.74 Å². The Balaban J connectivity index is 2.47. The maximum atomic E-state index is 5.82. The minimum absolute atomic E-state index is 0.0549. The van der Waals surface area contributed by atoms with E-state index in [1.807, 2.05) is 6.92 Å². The molecule has 0 saturated heterocycles. The number of nitrogens with zero attached hydrogens (tertiary/aromatic N) is 1. The van der Waals surface area contributed by atoms with E-state index < -0.39 is 0 Å². The van der Waals surface area contributed by atoms with Gasteiger partial charge in [-0.2, -0.15) is 0 Å². The Labute approximate surface area is 125 Å². The first-order valence-corrected chi connectivity index (χ1v) is 8.09. The lowest BCUT2D eigenvalue weighted by Gasteiger charge is -2.22. The molecule has 0 spiro atoms. The van der Waals surface area contributed by atoms with Gasteiger partial charge in [0.1, 0.15) is 5.75 Å². The Morgan fingerprint density at radius 3 is 2.60 bits per heavy atom. The van der Waals surface area contributed by atoms with E-state index in [1.54, 1.807) is 11.3 Å². The van der Waals surface area contributed by atoms with Crippen LogP contribution >= 0.6 is 11.3 Å². The van der Waals surface area contributed by atoms with Crippen molar-refractivity contribution in [2.24, 2.45) is 0 Å². The van der Waals surface area contributed by atoms with Crippen molar-refractivity contribution >= 4 is 26.7 Å². The van der Waals surface area contributed by atoms with Crippen LogP contribution in [0.2, 0.25) is 0 Å². The van der Waals surface area contributed by atoms with Crippen molar-refractivity contribution in [2.75, 3.05) is 18.5 Å². The molecule has 0 atom stereocenters. The predicted molar refractivity (Wildman–Crippen MR) is 88.3 cm³/mol. The lowest BCUT2D eigenvalue weighted by Crippen LogP contribution is -2.13. The molecule has 4 heteroatoms. The fourth-order valence-corrected chi connectivity index (χ4v) is 3.03. The summed E-state index contributed by atoms with van der Waals surface area (Å²) in [6.07, 6.45) is 1.10. The summed E-state index contributed by atoms with van der Waals surface area (Å²) in [4.78, 5) is 4.68. The summed E-state index contributed by atoms with van der Waals surface area (Å²) in [5, 5.41) is 4.36. The molecule has 1 N–H and O–H groups in total. The molecule has 0 fully saturated rings. The SMILES string of the molecule is CCCNc1nc2cc(C(C)(C)C)c(OCC)cc2s1. The van der Waals surface area contributed by atoms with Gasteiger partial charge >= 0.3 is 0 Å². The normalized spacial score (nSPS) is 11.8. The van der Waals surface area contributed by atoms with Crippen LogP contribution in [0.1, 0.15) is 46.6 Å². The van der Waals surface area contributed by atoms with Crippen LogP contribution in [0.5, 0.6) is 5.75 Å². The number of anilines is 1. The van der Waals surface area contributed by atoms with Crippen LogP contribution in [0, 0.1) is 0 Å². The van der Waals surface area contributed by atoms with Gasteiger partial charge in [0.2, 0.25) is 0 Å². The number of benzene rings is 1. The highest BCUT2D eigenvalue weighted by Gasteiger charge is 2.21. The molecule has 1 heterocycles. The molecule has 0 saturated carbocycles. The monoisotopic (exact) mass is 292 g/mol. The molecule has 0 amide bonds. The third-order valence-electron chi connectivity index (χ3n) is 3.12. The zero-order valence-electron chi connectivity index (χ0n) is 13.0. The van der Waals surface area contributed by atoms with Crippen molar-refractivity contribution < 1.29 is 4.74 Å². The minimum atomic E-state index is 0.0549. The van der Waals surface area contributed by atoms with Crippen molar-refractivity contribution in [1.82, 2.24) is 4.98 Å². The van der Waals surface area contributed by atoms with Gasteiger partial charge in [0.15, 0.2) is 5.13 Å². The number of ether oxygens (including phenoxy) is 1. The Morgan fingerprint density at radius 1 is 1.25 bits per heavy atom. The summed E-state index contributed by atoms with van der Waals surface area (Å²) in [6, 6.07) is 4.31. The van der Waals surface area contributed by atoms with Gasteiger partial charge in [-0.3, -0.25) is 0 Å². The Kier molecular flexibility index (Phi) is 4.53. The van der Waals surface area contributed by atoms with Crippen molar-refractivity contribution in [2.45, 2.75) is 46.5 Å². The Hall–Kier alpha value is -1.29. The van der Waals surface area contributed by atoms with Crippen LogP contribution in [0.25, 0.3) is 10.2 Å². The van der Waals surface area contributed by atoms with E-state index in [0.29, 0.717) is 6.61 Å². The van der Waals surface area contributed by atoms with Gasteiger partial charge in [0.25, 0.3) is 0 Å². The van der Waals surface area contributed by atoms with Crippen LogP contribution < -0.4 is 10.1 Å². The molecule has 1 aromatic heterocycles. The van der Waals surface area contributed by atoms with Crippen LogP contribution in [-0.2, 0) is 5.41 Å². The fourth-order valence-electron chi connectivity index (χ4n) is 2.12. The van der Waals surface area contributed by atoms with E-state index in [9.17, 15) is 0 Å². The first-order valence-electron chi connectivity index (χ1n) is 7.27. The van der Waals surface area contributed by atoms with Gasteiger partial charge in [-0.05, 0) is 30.9 Å². The molecule has 110 valence electrons. The van der Waals surface area contributed by atoms with E-state index in [2.05, 4.69) is 50.1 Å². The smallest absolute Gasteiger partial charge is 0.183 e. The maximum Gasteiger partial charge on any atom is 0.183 e. The molecule has 1 aromatic carbocycles. The topological polar surface area (TPSA) is 34.2 Å². The summed E-state index contributed by atoms with van der Waals surface area (Å²) in [7, 11) is 0. The summed E-state index contributed by atoms with van der Waals surface area (Å²) in [6.45, 7) is 12.5. The minimum Gasteiger partial charge on any atom is -0.494 e. The Morgan fingerprint density at radius 2 is 2.00 bits per heavy atom. The van der Waals surface area contributed by atoms with E-state index in [1.165, 1.54) is 10.3 Å². The molecule has 3 nitrogen and oxygen atoms in total. The van der Waals surface area contributed by atoms with Gasteiger partial charge < -0.3 is 10.1 Å². The number of thiazole rings is 1. The second kappa shape index (κ2) is 6.00. The lowest BCUT2D eigenvalue weighted by atomic mass is 9.86. The van der Waals surface area contributed by atoms with E-state index >= 15 is 0 Å². The first-order chi connectivity index (χ1) is 9.45. The van der Waals surface area contributed by atoms with Crippen LogP contribution in [0.3, 0.4) is 0 Å². The van der Waals surface area contributed by atoms with Crippen LogP contribution in [-0.4, -0.2) is 18.1 Å². The highest BCUT2D eigenvalue weighted by Crippen LogP contribution is 2.37. The third-order valence-corrected chi connectivity index (χ3v) is 4.10. The summed E-state index contributed by atoms with van der Waals surface area (Å²) in [5.41, 5.74) is 2.33. The van der Waals surface area contributed by atoms with Crippen LogP contribution in [0.15, 0.2) is 12.1 Å².